The van der Waals surface area contributed by atoms with E-state index in [-0.39, 0.29) is 17.9 Å². The summed E-state index contributed by atoms with van der Waals surface area (Å²) in [7, 11) is 1.45. The van der Waals surface area contributed by atoms with Gasteiger partial charge in [0.15, 0.2) is 0 Å². The van der Waals surface area contributed by atoms with Gasteiger partial charge in [-0.25, -0.2) is 4.79 Å². The molecule has 0 fully saturated rings. The molecule has 1 heterocycles. The molecule has 3 aromatic rings. The molecule has 0 atom stereocenters. The number of nitrogens with zero attached hydrogens (tertiary/aromatic N) is 5. The second kappa shape index (κ2) is 8.08. The molecule has 0 amide bonds. The molecule has 0 saturated carbocycles. The molecule has 0 saturated heterocycles. The number of rotatable bonds is 5. The van der Waals surface area contributed by atoms with E-state index < -0.39 is 17.4 Å². The van der Waals surface area contributed by atoms with Gasteiger partial charge in [0.2, 0.25) is 0 Å². The summed E-state index contributed by atoms with van der Waals surface area (Å²) in [6, 6.07) is 9.62. The van der Waals surface area contributed by atoms with Crippen molar-refractivity contribution in [2.24, 2.45) is 12.2 Å². The number of hydrogen-bond donors (Lipinski definition) is 0. The third-order valence-electron chi connectivity index (χ3n) is 4.06. The van der Waals surface area contributed by atoms with Crippen molar-refractivity contribution in [2.45, 2.75) is 19.7 Å². The van der Waals surface area contributed by atoms with Crippen LogP contribution in [-0.4, -0.2) is 25.5 Å². The van der Waals surface area contributed by atoms with Crippen LogP contribution in [0.3, 0.4) is 0 Å². The predicted octanol–water partition coefficient (Wildman–Crippen LogP) is 3.58. The summed E-state index contributed by atoms with van der Waals surface area (Å²) < 4.78 is 40.7. The van der Waals surface area contributed by atoms with Crippen LogP contribution in [0.4, 0.5) is 13.2 Å². The van der Waals surface area contributed by atoms with E-state index in [9.17, 15) is 18.0 Å². The molecule has 0 radical (unpaired) electrons. The molecular formula is C18H15ClF3N5O2. The number of tetrazole rings is 1. The highest BCUT2D eigenvalue weighted by atomic mass is 35.5. The zero-order valence-electron chi connectivity index (χ0n) is 15.3. The van der Waals surface area contributed by atoms with Gasteiger partial charge in [-0.15, -0.1) is 0 Å². The SMILES string of the molecule is C/C(=N/OCc1c(Cl)cccc1-n1nnn(C)c1=O)c1cccc(C(F)(F)F)c1. The topological polar surface area (TPSA) is 74.3 Å². The summed E-state index contributed by atoms with van der Waals surface area (Å²) in [5.74, 6) is 0. The van der Waals surface area contributed by atoms with Gasteiger partial charge in [0.1, 0.15) is 6.61 Å². The maximum Gasteiger partial charge on any atom is 0.416 e. The van der Waals surface area contributed by atoms with Crippen molar-refractivity contribution >= 4 is 17.3 Å². The molecule has 0 aliphatic heterocycles. The maximum atomic E-state index is 12.9. The largest absolute Gasteiger partial charge is 0.416 e. The van der Waals surface area contributed by atoms with Crippen LogP contribution in [0.2, 0.25) is 5.02 Å². The molecule has 11 heteroatoms. The number of halogens is 4. The smallest absolute Gasteiger partial charge is 0.391 e. The number of hydrogen-bond acceptors (Lipinski definition) is 5. The fourth-order valence-corrected chi connectivity index (χ4v) is 2.74. The number of benzene rings is 2. The van der Waals surface area contributed by atoms with Crippen molar-refractivity contribution in [3.63, 3.8) is 0 Å². The molecule has 7 nitrogen and oxygen atoms in total. The molecule has 0 spiro atoms. The van der Waals surface area contributed by atoms with E-state index in [4.69, 9.17) is 16.4 Å². The number of alkyl halides is 3. The van der Waals surface area contributed by atoms with Gasteiger partial charge in [0.05, 0.1) is 17.0 Å². The minimum atomic E-state index is -4.45. The molecule has 3 rings (SSSR count). The van der Waals surface area contributed by atoms with E-state index in [0.717, 1.165) is 21.5 Å². The second-order valence-electron chi connectivity index (χ2n) is 6.06. The van der Waals surface area contributed by atoms with Crippen LogP contribution in [0.15, 0.2) is 52.4 Å². The van der Waals surface area contributed by atoms with E-state index in [1.54, 1.807) is 18.2 Å². The Morgan fingerprint density at radius 1 is 1.21 bits per heavy atom. The Balaban J connectivity index is 1.84. The van der Waals surface area contributed by atoms with E-state index in [1.165, 1.54) is 26.1 Å². The van der Waals surface area contributed by atoms with Crippen LogP contribution in [0, 0.1) is 0 Å². The standard InChI is InChI=1S/C18H15ClF3N5O2/c1-11(12-5-3-6-13(9-12)18(20,21)22)23-29-10-14-15(19)7-4-8-16(14)27-17(28)26(2)24-25-27/h3-9H,10H2,1-2H3/b23-11-. The van der Waals surface area contributed by atoms with Crippen LogP contribution in [0.1, 0.15) is 23.6 Å². The fraction of sp³-hybridized carbons (Fsp3) is 0.222. The zero-order valence-corrected chi connectivity index (χ0v) is 16.1. The van der Waals surface area contributed by atoms with Gasteiger partial charge in [0, 0.05) is 17.6 Å². The Hall–Kier alpha value is -3.14. The maximum absolute atomic E-state index is 12.9. The van der Waals surface area contributed by atoms with Crippen molar-refractivity contribution in [1.82, 2.24) is 19.8 Å². The molecule has 0 N–H and O–H groups in total. The van der Waals surface area contributed by atoms with E-state index in [1.807, 2.05) is 0 Å². The van der Waals surface area contributed by atoms with Crippen molar-refractivity contribution < 1.29 is 18.0 Å². The number of aryl methyl sites for hydroxylation is 1. The van der Waals surface area contributed by atoms with Crippen LogP contribution < -0.4 is 5.69 Å². The highest BCUT2D eigenvalue weighted by molar-refractivity contribution is 6.31. The lowest BCUT2D eigenvalue weighted by Crippen LogP contribution is -2.23. The Morgan fingerprint density at radius 3 is 2.59 bits per heavy atom. The van der Waals surface area contributed by atoms with Crippen LogP contribution >= 0.6 is 11.6 Å². The van der Waals surface area contributed by atoms with Gasteiger partial charge < -0.3 is 4.84 Å². The molecule has 29 heavy (non-hydrogen) atoms. The van der Waals surface area contributed by atoms with E-state index >= 15 is 0 Å². The minimum Gasteiger partial charge on any atom is -0.391 e. The van der Waals surface area contributed by atoms with Crippen molar-refractivity contribution in [3.05, 3.63) is 74.7 Å². The van der Waals surface area contributed by atoms with Crippen molar-refractivity contribution in [1.29, 1.82) is 0 Å². The zero-order chi connectivity index (χ0) is 21.2. The van der Waals surface area contributed by atoms with Gasteiger partial charge in [-0.3, -0.25) is 0 Å². The minimum absolute atomic E-state index is 0.131. The molecule has 2 aromatic carbocycles. The lowest BCUT2D eigenvalue weighted by atomic mass is 10.1. The second-order valence-corrected chi connectivity index (χ2v) is 6.47. The monoisotopic (exact) mass is 425 g/mol. The number of oxime groups is 1. The van der Waals surface area contributed by atoms with Crippen LogP contribution in [0.25, 0.3) is 5.69 Å². The van der Waals surface area contributed by atoms with Gasteiger partial charge in [-0.05, 0) is 47.2 Å². The highest BCUT2D eigenvalue weighted by Gasteiger charge is 2.30. The van der Waals surface area contributed by atoms with Gasteiger partial charge in [-0.1, -0.05) is 35.0 Å². The average Bonchev–Trinajstić information content (AvgIpc) is 3.01. The molecule has 0 aliphatic carbocycles. The predicted molar refractivity (Wildman–Crippen MR) is 100 cm³/mol. The van der Waals surface area contributed by atoms with Gasteiger partial charge in [0.25, 0.3) is 0 Å². The molecular weight excluding hydrogens is 411 g/mol. The third kappa shape index (κ3) is 4.48. The summed E-state index contributed by atoms with van der Waals surface area (Å²) in [6.07, 6.45) is -4.45. The summed E-state index contributed by atoms with van der Waals surface area (Å²) in [6.45, 7) is 1.39. The Morgan fingerprint density at radius 2 is 1.93 bits per heavy atom. The molecule has 0 unspecified atom stereocenters. The van der Waals surface area contributed by atoms with Gasteiger partial charge in [-0.2, -0.15) is 22.5 Å². The van der Waals surface area contributed by atoms with Gasteiger partial charge >= 0.3 is 11.9 Å². The summed E-state index contributed by atoms with van der Waals surface area (Å²) in [5, 5.41) is 11.6. The normalized spacial score (nSPS) is 12.3. The average molecular weight is 426 g/mol. The highest BCUT2D eigenvalue weighted by Crippen LogP contribution is 2.29. The van der Waals surface area contributed by atoms with Crippen LogP contribution in [-0.2, 0) is 24.7 Å². The first-order chi connectivity index (χ1) is 13.7. The van der Waals surface area contributed by atoms with Crippen molar-refractivity contribution in [3.8, 4) is 5.69 Å². The summed E-state index contributed by atoms with van der Waals surface area (Å²) in [5.41, 5.74) is 0.0581. The summed E-state index contributed by atoms with van der Waals surface area (Å²) >= 11 is 6.22. The Labute approximate surface area is 167 Å². The van der Waals surface area contributed by atoms with E-state index in [0.29, 0.717) is 16.3 Å². The Bertz CT molecular complexity index is 1120. The molecule has 0 bridgehead atoms. The molecule has 152 valence electrons. The van der Waals surface area contributed by atoms with Crippen LogP contribution in [0.5, 0.6) is 0 Å². The Kier molecular flexibility index (Phi) is 5.73. The van der Waals surface area contributed by atoms with E-state index in [2.05, 4.69) is 15.6 Å². The third-order valence-corrected chi connectivity index (χ3v) is 4.42. The first-order valence-corrected chi connectivity index (χ1v) is 8.67. The quantitative estimate of drug-likeness (QED) is 0.462. The first-order valence-electron chi connectivity index (χ1n) is 8.29. The first kappa shape index (κ1) is 20.6. The summed E-state index contributed by atoms with van der Waals surface area (Å²) in [4.78, 5) is 17.4. The molecule has 0 aliphatic rings. The molecule has 1 aromatic heterocycles. The lowest BCUT2D eigenvalue weighted by Gasteiger charge is -2.10. The fourth-order valence-electron chi connectivity index (χ4n) is 2.52. The lowest BCUT2D eigenvalue weighted by molar-refractivity contribution is -0.137. The number of aromatic nitrogens is 4. The van der Waals surface area contributed by atoms with Crippen molar-refractivity contribution in [2.75, 3.05) is 0 Å².